The number of aromatic nitrogens is 3. The van der Waals surface area contributed by atoms with Crippen molar-refractivity contribution in [2.45, 2.75) is 0 Å². The number of H-pyrrole nitrogens is 1. The quantitative estimate of drug-likeness (QED) is 0.758. The Morgan fingerprint density at radius 3 is 2.79 bits per heavy atom. The van der Waals surface area contributed by atoms with Crippen molar-refractivity contribution < 1.29 is 4.39 Å². The van der Waals surface area contributed by atoms with E-state index >= 15 is 0 Å². The second kappa shape index (κ2) is 3.26. The summed E-state index contributed by atoms with van der Waals surface area (Å²) < 4.78 is 12.8. The summed E-state index contributed by atoms with van der Waals surface area (Å²) in [7, 11) is 0. The third-order valence-electron chi connectivity index (χ3n) is 1.70. The lowest BCUT2D eigenvalue weighted by Gasteiger charge is -1.97. The minimum absolute atomic E-state index is 0.0393. The first-order chi connectivity index (χ1) is 6.66. The van der Waals surface area contributed by atoms with Crippen LogP contribution in [0.15, 0.2) is 18.2 Å². The normalized spacial score (nSPS) is 10.4. The molecule has 0 aliphatic heterocycles. The summed E-state index contributed by atoms with van der Waals surface area (Å²) in [4.78, 5) is 3.88. The molecule has 2 rings (SSSR count). The molecule has 1 aromatic heterocycles. The minimum Gasteiger partial charge on any atom is -0.366 e. The molecule has 0 bridgehead atoms. The van der Waals surface area contributed by atoms with Gasteiger partial charge in [-0.2, -0.15) is 4.98 Å². The number of nitrogens with one attached hydrogen (secondary N) is 1. The molecule has 72 valence electrons. The Morgan fingerprint density at radius 2 is 2.21 bits per heavy atom. The summed E-state index contributed by atoms with van der Waals surface area (Å²) in [6.07, 6.45) is 0. The molecule has 0 spiro atoms. The molecule has 6 heteroatoms. The van der Waals surface area contributed by atoms with E-state index in [0.717, 1.165) is 0 Å². The zero-order chi connectivity index (χ0) is 10.1. The van der Waals surface area contributed by atoms with Crippen molar-refractivity contribution in [1.82, 2.24) is 15.2 Å². The van der Waals surface area contributed by atoms with Crippen molar-refractivity contribution in [3.05, 3.63) is 29.0 Å². The first-order valence-electron chi connectivity index (χ1n) is 3.80. The van der Waals surface area contributed by atoms with Crippen LogP contribution < -0.4 is 5.73 Å². The van der Waals surface area contributed by atoms with Gasteiger partial charge in [-0.25, -0.2) is 4.39 Å². The van der Waals surface area contributed by atoms with Gasteiger partial charge in [0, 0.05) is 5.56 Å². The molecule has 0 aliphatic carbocycles. The lowest BCUT2D eigenvalue weighted by molar-refractivity contribution is 0.628. The Kier molecular flexibility index (Phi) is 2.09. The smallest absolute Gasteiger partial charge is 0.239 e. The fraction of sp³-hybridized carbons (Fsp3) is 0. The highest BCUT2D eigenvalue weighted by molar-refractivity contribution is 6.31. The highest BCUT2D eigenvalue weighted by Crippen LogP contribution is 2.22. The molecule has 0 unspecified atom stereocenters. The van der Waals surface area contributed by atoms with Gasteiger partial charge in [0.15, 0.2) is 5.82 Å². The lowest BCUT2D eigenvalue weighted by atomic mass is 10.2. The average Bonchev–Trinajstić information content (AvgIpc) is 2.57. The molecule has 0 radical (unpaired) electrons. The maximum absolute atomic E-state index is 12.8. The van der Waals surface area contributed by atoms with E-state index in [4.69, 9.17) is 17.3 Å². The van der Waals surface area contributed by atoms with Crippen LogP contribution in [0, 0.1) is 5.82 Å². The standard InChI is InChI=1S/C8H6ClFN4/c9-5-3-4(1-2-6(5)10)7-12-8(11)14-13-7/h1-3H,(H3,11,12,13,14). The van der Waals surface area contributed by atoms with Crippen molar-refractivity contribution in [2.24, 2.45) is 0 Å². The molecule has 14 heavy (non-hydrogen) atoms. The van der Waals surface area contributed by atoms with Gasteiger partial charge in [-0.3, -0.25) is 5.10 Å². The number of rotatable bonds is 1. The van der Waals surface area contributed by atoms with Crippen molar-refractivity contribution in [2.75, 3.05) is 5.73 Å². The highest BCUT2D eigenvalue weighted by atomic mass is 35.5. The van der Waals surface area contributed by atoms with Gasteiger partial charge in [0.05, 0.1) is 5.02 Å². The van der Waals surface area contributed by atoms with E-state index in [9.17, 15) is 4.39 Å². The number of hydrogen-bond donors (Lipinski definition) is 2. The number of halogens is 2. The maximum atomic E-state index is 12.8. The van der Waals surface area contributed by atoms with Gasteiger partial charge < -0.3 is 5.73 Å². The maximum Gasteiger partial charge on any atom is 0.239 e. The Morgan fingerprint density at radius 1 is 1.43 bits per heavy atom. The molecule has 0 fully saturated rings. The van der Waals surface area contributed by atoms with Gasteiger partial charge in [-0.15, -0.1) is 5.10 Å². The molecule has 3 N–H and O–H groups in total. The molecule has 4 nitrogen and oxygen atoms in total. The monoisotopic (exact) mass is 212 g/mol. The van der Waals surface area contributed by atoms with Gasteiger partial charge in [-0.05, 0) is 18.2 Å². The predicted molar refractivity (Wildman–Crippen MR) is 51.2 cm³/mol. The first-order valence-corrected chi connectivity index (χ1v) is 4.18. The van der Waals surface area contributed by atoms with E-state index in [2.05, 4.69) is 15.2 Å². The number of nitrogens with two attached hydrogens (primary N) is 1. The number of benzene rings is 1. The molecular formula is C8H6ClFN4. The summed E-state index contributed by atoms with van der Waals surface area (Å²) in [6, 6.07) is 4.26. The summed E-state index contributed by atoms with van der Waals surface area (Å²) in [5.74, 6) is 0.132. The van der Waals surface area contributed by atoms with Gasteiger partial charge in [0.2, 0.25) is 5.95 Å². The van der Waals surface area contributed by atoms with Gasteiger partial charge in [0.1, 0.15) is 5.82 Å². The zero-order valence-corrected chi connectivity index (χ0v) is 7.72. The van der Waals surface area contributed by atoms with Crippen LogP contribution >= 0.6 is 11.6 Å². The minimum atomic E-state index is -0.470. The van der Waals surface area contributed by atoms with Crippen LogP contribution in [0.4, 0.5) is 10.3 Å². The average molecular weight is 213 g/mol. The zero-order valence-electron chi connectivity index (χ0n) is 6.96. The van der Waals surface area contributed by atoms with Crippen LogP contribution in [0.1, 0.15) is 0 Å². The van der Waals surface area contributed by atoms with E-state index < -0.39 is 5.82 Å². The van der Waals surface area contributed by atoms with E-state index in [0.29, 0.717) is 11.4 Å². The number of hydrogen-bond acceptors (Lipinski definition) is 3. The first kappa shape index (κ1) is 8.96. The van der Waals surface area contributed by atoms with Crippen LogP contribution in [0.5, 0.6) is 0 Å². The topological polar surface area (TPSA) is 67.6 Å². The molecule has 0 aliphatic rings. The van der Waals surface area contributed by atoms with Gasteiger partial charge in [0.25, 0.3) is 0 Å². The van der Waals surface area contributed by atoms with Crippen LogP contribution in [0.2, 0.25) is 5.02 Å². The van der Waals surface area contributed by atoms with E-state index in [-0.39, 0.29) is 11.0 Å². The Balaban J connectivity index is 2.47. The third-order valence-corrected chi connectivity index (χ3v) is 1.99. The summed E-state index contributed by atoms with van der Waals surface area (Å²) in [6.45, 7) is 0. The van der Waals surface area contributed by atoms with E-state index in [1.165, 1.54) is 12.1 Å². The Bertz CT molecular complexity index is 468. The molecule has 2 aromatic rings. The summed E-state index contributed by atoms with van der Waals surface area (Å²) >= 11 is 5.60. The lowest BCUT2D eigenvalue weighted by Crippen LogP contribution is -1.86. The Labute approximate surface area is 83.9 Å². The van der Waals surface area contributed by atoms with E-state index in [1.54, 1.807) is 6.07 Å². The van der Waals surface area contributed by atoms with E-state index in [1.807, 2.05) is 0 Å². The number of nitrogen functional groups attached to an aromatic ring is 1. The van der Waals surface area contributed by atoms with Crippen LogP contribution in [0.3, 0.4) is 0 Å². The summed E-state index contributed by atoms with van der Waals surface area (Å²) in [5.41, 5.74) is 5.96. The SMILES string of the molecule is Nc1n[nH]c(-c2ccc(F)c(Cl)c2)n1. The van der Waals surface area contributed by atoms with Crippen LogP contribution in [-0.2, 0) is 0 Å². The van der Waals surface area contributed by atoms with Crippen molar-refractivity contribution in [3.63, 3.8) is 0 Å². The second-order valence-corrected chi connectivity index (χ2v) is 3.08. The molecule has 1 aromatic carbocycles. The summed E-state index contributed by atoms with van der Waals surface area (Å²) in [5, 5.41) is 6.29. The second-order valence-electron chi connectivity index (χ2n) is 2.67. The molecule has 0 saturated heterocycles. The molecule has 0 amide bonds. The third kappa shape index (κ3) is 1.54. The number of nitrogens with zero attached hydrogens (tertiary/aromatic N) is 2. The fourth-order valence-corrected chi connectivity index (χ4v) is 1.23. The molecule has 0 saturated carbocycles. The fourth-order valence-electron chi connectivity index (χ4n) is 1.05. The Hall–Kier alpha value is -1.62. The number of anilines is 1. The van der Waals surface area contributed by atoms with Gasteiger partial charge >= 0.3 is 0 Å². The largest absolute Gasteiger partial charge is 0.366 e. The van der Waals surface area contributed by atoms with Gasteiger partial charge in [-0.1, -0.05) is 11.6 Å². The molecular weight excluding hydrogens is 207 g/mol. The van der Waals surface area contributed by atoms with Crippen molar-refractivity contribution >= 4 is 17.5 Å². The van der Waals surface area contributed by atoms with Crippen LogP contribution in [-0.4, -0.2) is 15.2 Å². The highest BCUT2D eigenvalue weighted by Gasteiger charge is 2.06. The number of aromatic amines is 1. The van der Waals surface area contributed by atoms with Crippen molar-refractivity contribution in [3.8, 4) is 11.4 Å². The van der Waals surface area contributed by atoms with Crippen LogP contribution in [0.25, 0.3) is 11.4 Å². The predicted octanol–water partition coefficient (Wildman–Crippen LogP) is 1.85. The molecule has 1 heterocycles. The molecule has 0 atom stereocenters. The van der Waals surface area contributed by atoms with Crippen molar-refractivity contribution in [1.29, 1.82) is 0 Å².